The lowest BCUT2D eigenvalue weighted by atomic mass is 10.2. The van der Waals surface area contributed by atoms with Gasteiger partial charge in [0.05, 0.1) is 17.9 Å². The van der Waals surface area contributed by atoms with E-state index in [1.54, 1.807) is 0 Å². The van der Waals surface area contributed by atoms with Crippen molar-refractivity contribution >= 4 is 22.9 Å². The molecule has 3 aromatic rings. The summed E-state index contributed by atoms with van der Waals surface area (Å²) in [5.74, 6) is -1.91. The van der Waals surface area contributed by atoms with Crippen LogP contribution in [0.4, 0.5) is 14.5 Å². The van der Waals surface area contributed by atoms with E-state index in [2.05, 4.69) is 20.3 Å². The standard InChI is InChI=1S/C19H16F2N4O3S/c20-12-2-1-3-13(21)16(12)19-25-15(8-29-19)17(27)24-14-7-22-9-23-18(14)28-11-5-4-10(26)6-11/h1-3,7-11,26H,4-6H2,(H,24,27)/t10-,11+/m1/s1. The van der Waals surface area contributed by atoms with Crippen molar-refractivity contribution in [1.29, 1.82) is 0 Å². The van der Waals surface area contributed by atoms with Crippen LogP contribution in [0.2, 0.25) is 0 Å². The first-order valence-corrected chi connectivity index (χ1v) is 9.75. The molecule has 1 fully saturated rings. The van der Waals surface area contributed by atoms with Crippen LogP contribution in [0.1, 0.15) is 29.8 Å². The summed E-state index contributed by atoms with van der Waals surface area (Å²) in [4.78, 5) is 24.5. The average molecular weight is 418 g/mol. The lowest BCUT2D eigenvalue weighted by molar-refractivity contribution is 0.102. The Balaban J connectivity index is 1.51. The fraction of sp³-hybridized carbons (Fsp3) is 0.263. The summed E-state index contributed by atoms with van der Waals surface area (Å²) in [6.45, 7) is 0. The van der Waals surface area contributed by atoms with E-state index in [9.17, 15) is 18.7 Å². The summed E-state index contributed by atoms with van der Waals surface area (Å²) in [6.07, 6.45) is 3.88. The van der Waals surface area contributed by atoms with Gasteiger partial charge < -0.3 is 15.2 Å². The third kappa shape index (κ3) is 4.22. The summed E-state index contributed by atoms with van der Waals surface area (Å²) < 4.78 is 33.7. The molecule has 2 atom stereocenters. The number of carbonyl (C=O) groups excluding carboxylic acids is 1. The van der Waals surface area contributed by atoms with E-state index in [0.717, 1.165) is 23.5 Å². The fourth-order valence-corrected chi connectivity index (χ4v) is 3.91. The fourth-order valence-electron chi connectivity index (χ4n) is 3.06. The number of thiazole rings is 1. The zero-order valence-electron chi connectivity index (χ0n) is 15.0. The minimum Gasteiger partial charge on any atom is -0.473 e. The van der Waals surface area contributed by atoms with E-state index in [0.29, 0.717) is 19.3 Å². The van der Waals surface area contributed by atoms with Crippen molar-refractivity contribution in [3.05, 3.63) is 53.4 Å². The Morgan fingerprint density at radius 1 is 1.28 bits per heavy atom. The third-order valence-corrected chi connectivity index (χ3v) is 5.33. The monoisotopic (exact) mass is 418 g/mol. The highest BCUT2D eigenvalue weighted by Gasteiger charge is 2.26. The van der Waals surface area contributed by atoms with Crippen LogP contribution in [0.3, 0.4) is 0 Å². The highest BCUT2D eigenvalue weighted by molar-refractivity contribution is 7.13. The Morgan fingerprint density at radius 2 is 2.07 bits per heavy atom. The summed E-state index contributed by atoms with van der Waals surface area (Å²) in [5.41, 5.74) is -0.0346. The number of aliphatic hydroxyl groups excluding tert-OH is 1. The van der Waals surface area contributed by atoms with E-state index in [1.165, 1.54) is 24.0 Å². The van der Waals surface area contributed by atoms with Gasteiger partial charge in [-0.05, 0) is 25.0 Å². The molecule has 10 heteroatoms. The Labute approximate surface area is 168 Å². The second-order valence-electron chi connectivity index (χ2n) is 6.54. The average Bonchev–Trinajstić information content (AvgIpc) is 3.33. The van der Waals surface area contributed by atoms with E-state index in [4.69, 9.17) is 4.74 Å². The summed E-state index contributed by atoms with van der Waals surface area (Å²) >= 11 is 0.958. The number of halogens is 2. The van der Waals surface area contributed by atoms with Gasteiger partial charge in [0, 0.05) is 11.8 Å². The summed E-state index contributed by atoms with van der Waals surface area (Å²) in [6, 6.07) is 3.52. The molecule has 1 aromatic carbocycles. The molecule has 0 bridgehead atoms. The molecular weight excluding hydrogens is 402 g/mol. The van der Waals surface area contributed by atoms with Crippen LogP contribution in [0.5, 0.6) is 5.88 Å². The van der Waals surface area contributed by atoms with E-state index < -0.39 is 23.6 Å². The minimum atomic E-state index is -0.753. The number of nitrogens with one attached hydrogen (secondary N) is 1. The molecule has 0 aliphatic heterocycles. The first-order chi connectivity index (χ1) is 14.0. The van der Waals surface area contributed by atoms with Gasteiger partial charge in [-0.25, -0.2) is 18.7 Å². The first-order valence-electron chi connectivity index (χ1n) is 8.87. The first kappa shape index (κ1) is 19.3. The van der Waals surface area contributed by atoms with Crippen molar-refractivity contribution in [2.24, 2.45) is 0 Å². The normalized spacial score (nSPS) is 18.6. The zero-order valence-corrected chi connectivity index (χ0v) is 15.8. The van der Waals surface area contributed by atoms with Crippen LogP contribution in [0.25, 0.3) is 10.6 Å². The van der Waals surface area contributed by atoms with Crippen LogP contribution in [0.15, 0.2) is 36.1 Å². The quantitative estimate of drug-likeness (QED) is 0.659. The van der Waals surface area contributed by atoms with Gasteiger partial charge in [-0.2, -0.15) is 4.98 Å². The molecule has 2 N–H and O–H groups in total. The maximum absolute atomic E-state index is 13.9. The largest absolute Gasteiger partial charge is 0.473 e. The number of rotatable bonds is 5. The van der Waals surface area contributed by atoms with E-state index in [-0.39, 0.29) is 33.9 Å². The lowest BCUT2D eigenvalue weighted by Crippen LogP contribution is -2.18. The van der Waals surface area contributed by atoms with Gasteiger partial charge in [0.25, 0.3) is 5.91 Å². The topological polar surface area (TPSA) is 97.2 Å². The number of hydrogen-bond donors (Lipinski definition) is 2. The SMILES string of the molecule is O=C(Nc1cncnc1O[C@H]1CC[C@@H](O)C1)c1csc(-c2c(F)cccc2F)n1. The second-order valence-corrected chi connectivity index (χ2v) is 7.40. The maximum atomic E-state index is 13.9. The van der Waals surface area contributed by atoms with Crippen LogP contribution < -0.4 is 10.1 Å². The lowest BCUT2D eigenvalue weighted by Gasteiger charge is -2.15. The number of hydrogen-bond acceptors (Lipinski definition) is 7. The van der Waals surface area contributed by atoms with Crippen LogP contribution in [-0.4, -0.2) is 38.2 Å². The number of carbonyl (C=O) groups is 1. The van der Waals surface area contributed by atoms with Crippen LogP contribution in [0, 0.1) is 11.6 Å². The van der Waals surface area contributed by atoms with Crippen molar-refractivity contribution in [2.45, 2.75) is 31.5 Å². The molecule has 0 saturated heterocycles. The molecule has 4 rings (SSSR count). The molecule has 1 saturated carbocycles. The van der Waals surface area contributed by atoms with Gasteiger partial charge in [0.2, 0.25) is 5.88 Å². The van der Waals surface area contributed by atoms with E-state index >= 15 is 0 Å². The molecule has 1 aliphatic carbocycles. The van der Waals surface area contributed by atoms with Crippen molar-refractivity contribution in [3.8, 4) is 16.5 Å². The second kappa shape index (κ2) is 8.18. The minimum absolute atomic E-state index is 0.00116. The highest BCUT2D eigenvalue weighted by Crippen LogP contribution is 2.30. The molecule has 0 unspecified atom stereocenters. The van der Waals surface area contributed by atoms with Crippen molar-refractivity contribution in [2.75, 3.05) is 5.32 Å². The van der Waals surface area contributed by atoms with Gasteiger partial charge in [-0.1, -0.05) is 6.07 Å². The molecule has 2 aromatic heterocycles. The number of aliphatic hydroxyl groups is 1. The van der Waals surface area contributed by atoms with Crippen molar-refractivity contribution < 1.29 is 23.4 Å². The predicted octanol–water partition coefficient (Wildman–Crippen LogP) is 3.42. The number of amides is 1. The van der Waals surface area contributed by atoms with Crippen molar-refractivity contribution in [3.63, 3.8) is 0 Å². The molecule has 0 radical (unpaired) electrons. The Hall–Kier alpha value is -2.98. The van der Waals surface area contributed by atoms with Gasteiger partial charge in [-0.15, -0.1) is 11.3 Å². The van der Waals surface area contributed by atoms with E-state index in [1.807, 2.05) is 0 Å². The third-order valence-electron chi connectivity index (χ3n) is 4.47. The number of nitrogens with zero attached hydrogens (tertiary/aromatic N) is 3. The molecule has 1 amide bonds. The van der Waals surface area contributed by atoms with Gasteiger partial charge in [0.1, 0.15) is 40.5 Å². The molecular formula is C19H16F2N4O3S. The van der Waals surface area contributed by atoms with Crippen LogP contribution in [-0.2, 0) is 0 Å². The Kier molecular flexibility index (Phi) is 5.45. The molecule has 7 nitrogen and oxygen atoms in total. The van der Waals surface area contributed by atoms with Crippen LogP contribution >= 0.6 is 11.3 Å². The predicted molar refractivity (Wildman–Crippen MR) is 102 cm³/mol. The molecule has 29 heavy (non-hydrogen) atoms. The molecule has 2 heterocycles. The smallest absolute Gasteiger partial charge is 0.275 e. The van der Waals surface area contributed by atoms with Crippen molar-refractivity contribution in [1.82, 2.24) is 15.0 Å². The maximum Gasteiger partial charge on any atom is 0.275 e. The number of aromatic nitrogens is 3. The highest BCUT2D eigenvalue weighted by atomic mass is 32.1. The summed E-state index contributed by atoms with van der Waals surface area (Å²) in [7, 11) is 0. The van der Waals surface area contributed by atoms with Gasteiger partial charge >= 0.3 is 0 Å². The van der Waals surface area contributed by atoms with Gasteiger partial charge in [-0.3, -0.25) is 4.79 Å². The molecule has 150 valence electrons. The number of anilines is 1. The molecule has 1 aliphatic rings. The summed E-state index contributed by atoms with van der Waals surface area (Å²) in [5, 5.41) is 13.7. The Morgan fingerprint density at radius 3 is 2.79 bits per heavy atom. The Bertz CT molecular complexity index is 1030. The van der Waals surface area contributed by atoms with Gasteiger partial charge in [0.15, 0.2) is 0 Å². The zero-order chi connectivity index (χ0) is 20.4. The number of ether oxygens (including phenoxy) is 1. The number of benzene rings is 1. The molecule has 0 spiro atoms.